The van der Waals surface area contributed by atoms with Crippen LogP contribution in [-0.4, -0.2) is 24.3 Å². The highest BCUT2D eigenvalue weighted by atomic mass is 19.4. The highest BCUT2D eigenvalue weighted by Gasteiger charge is 2.37. The van der Waals surface area contributed by atoms with Crippen molar-refractivity contribution in [2.24, 2.45) is 5.41 Å². The van der Waals surface area contributed by atoms with Gasteiger partial charge in [-0.05, 0) is 50.1 Å². The molecule has 0 heterocycles. The number of alkyl halides is 6. The third-order valence-electron chi connectivity index (χ3n) is 4.62. The molecule has 0 saturated heterocycles. The van der Waals surface area contributed by atoms with E-state index in [1.807, 2.05) is 0 Å². The molecule has 0 aliphatic rings. The van der Waals surface area contributed by atoms with Crippen LogP contribution in [0.4, 0.5) is 26.3 Å². The van der Waals surface area contributed by atoms with Crippen LogP contribution >= 0.6 is 0 Å². The van der Waals surface area contributed by atoms with Gasteiger partial charge in [0, 0.05) is 0 Å². The Morgan fingerprint density at radius 1 is 0.818 bits per heavy atom. The number of esters is 1. The summed E-state index contributed by atoms with van der Waals surface area (Å²) >= 11 is 0. The molecule has 0 spiro atoms. The predicted molar refractivity (Wildman–Crippen MR) is 107 cm³/mol. The molecule has 4 nitrogen and oxygen atoms in total. The van der Waals surface area contributed by atoms with Gasteiger partial charge < -0.3 is 14.6 Å². The summed E-state index contributed by atoms with van der Waals surface area (Å²) < 4.78 is 88.8. The molecule has 0 amide bonds. The lowest BCUT2D eigenvalue weighted by Gasteiger charge is -2.29. The van der Waals surface area contributed by atoms with Crippen molar-refractivity contribution in [3.63, 3.8) is 0 Å². The second-order valence-corrected chi connectivity index (χ2v) is 8.63. The maximum Gasteiger partial charge on any atom is 0.416 e. The van der Waals surface area contributed by atoms with Crippen LogP contribution in [0.5, 0.6) is 0 Å². The second-order valence-electron chi connectivity index (χ2n) is 8.63. The van der Waals surface area contributed by atoms with Gasteiger partial charge in [-0.3, -0.25) is 4.79 Å². The fourth-order valence-corrected chi connectivity index (χ4v) is 2.80. The van der Waals surface area contributed by atoms with Crippen LogP contribution < -0.4 is 0 Å². The fraction of sp³-hybridized carbons (Fsp3) is 0.435. The number of carbonyl (C=O) groups excluding carboxylic acids is 1. The zero-order valence-electron chi connectivity index (χ0n) is 18.2. The summed E-state index contributed by atoms with van der Waals surface area (Å²) in [6, 6.07) is 9.07. The first-order chi connectivity index (χ1) is 15.0. The van der Waals surface area contributed by atoms with Crippen LogP contribution in [-0.2, 0) is 38.8 Å². The van der Waals surface area contributed by atoms with Gasteiger partial charge in [0.1, 0.15) is 12.2 Å². The van der Waals surface area contributed by atoms with Gasteiger partial charge in [0.2, 0.25) is 0 Å². The largest absolute Gasteiger partial charge is 0.462 e. The molecule has 1 N–H and O–H groups in total. The summed E-state index contributed by atoms with van der Waals surface area (Å²) in [6.45, 7) is 3.11. The van der Waals surface area contributed by atoms with Crippen molar-refractivity contribution >= 4 is 5.97 Å². The quantitative estimate of drug-likeness (QED) is 0.409. The van der Waals surface area contributed by atoms with Crippen molar-refractivity contribution in [2.45, 2.75) is 45.3 Å². The zero-order chi connectivity index (χ0) is 25.1. The number of rotatable bonds is 7. The van der Waals surface area contributed by atoms with Gasteiger partial charge in [-0.25, -0.2) is 0 Å². The van der Waals surface area contributed by atoms with E-state index in [0.29, 0.717) is 17.7 Å². The van der Waals surface area contributed by atoms with Gasteiger partial charge in [-0.1, -0.05) is 30.3 Å². The summed E-state index contributed by atoms with van der Waals surface area (Å²) in [6.07, 6.45) is -9.97. The van der Waals surface area contributed by atoms with Gasteiger partial charge in [0.25, 0.3) is 0 Å². The summed E-state index contributed by atoms with van der Waals surface area (Å²) in [5.41, 5.74) is -5.74. The maximum atomic E-state index is 13.0. The van der Waals surface area contributed by atoms with E-state index in [9.17, 15) is 36.2 Å². The van der Waals surface area contributed by atoms with Gasteiger partial charge >= 0.3 is 18.3 Å². The van der Waals surface area contributed by atoms with Crippen molar-refractivity contribution in [3.05, 3.63) is 70.8 Å². The van der Waals surface area contributed by atoms with Crippen molar-refractivity contribution in [2.75, 3.05) is 13.2 Å². The van der Waals surface area contributed by atoms with Gasteiger partial charge in [-0.2, -0.15) is 26.3 Å². The molecule has 1 atom stereocenters. The Balaban J connectivity index is 2.24. The number of ether oxygens (including phenoxy) is 2. The third-order valence-corrected chi connectivity index (χ3v) is 4.62. The molecule has 2 aromatic rings. The Labute approximate surface area is 187 Å². The first-order valence-electron chi connectivity index (χ1n) is 9.84. The van der Waals surface area contributed by atoms with E-state index in [2.05, 4.69) is 0 Å². The van der Waals surface area contributed by atoms with E-state index in [1.54, 1.807) is 39.0 Å². The lowest BCUT2D eigenvalue weighted by molar-refractivity contribution is -0.166. The lowest BCUT2D eigenvalue weighted by atomic mass is 9.94. The van der Waals surface area contributed by atoms with Crippen LogP contribution in [0.15, 0.2) is 48.5 Å². The Morgan fingerprint density at radius 3 is 1.79 bits per heavy atom. The fourth-order valence-electron chi connectivity index (χ4n) is 2.80. The number of aliphatic hydroxyl groups is 1. The van der Waals surface area contributed by atoms with Crippen molar-refractivity contribution in [3.8, 4) is 0 Å². The highest BCUT2D eigenvalue weighted by Crippen LogP contribution is 2.36. The molecular weight excluding hydrogens is 454 g/mol. The van der Waals surface area contributed by atoms with Crippen LogP contribution in [0.3, 0.4) is 0 Å². The van der Waals surface area contributed by atoms with Gasteiger partial charge in [0.05, 0.1) is 29.8 Å². The highest BCUT2D eigenvalue weighted by molar-refractivity contribution is 5.75. The smallest absolute Gasteiger partial charge is 0.416 e. The molecule has 0 saturated carbocycles. The molecule has 0 unspecified atom stereocenters. The molecule has 0 aliphatic heterocycles. The van der Waals surface area contributed by atoms with Crippen LogP contribution in [0.2, 0.25) is 0 Å². The minimum absolute atomic E-state index is 0.0236. The summed E-state index contributed by atoms with van der Waals surface area (Å²) in [5.74, 6) is -0.607. The van der Waals surface area contributed by atoms with E-state index in [1.165, 1.54) is 12.1 Å². The van der Waals surface area contributed by atoms with Gasteiger partial charge in [-0.15, -0.1) is 0 Å². The average Bonchev–Trinajstić information content (AvgIpc) is 2.70. The number of hydrogen-bond donors (Lipinski definition) is 1. The summed E-state index contributed by atoms with van der Waals surface area (Å²) in [4.78, 5) is 12.1. The molecule has 10 heteroatoms. The Bertz CT molecular complexity index is 916. The van der Waals surface area contributed by atoms with Crippen molar-refractivity contribution < 1.29 is 45.7 Å². The van der Waals surface area contributed by atoms with E-state index in [4.69, 9.17) is 9.47 Å². The number of halogens is 6. The van der Waals surface area contributed by atoms with Crippen molar-refractivity contribution in [1.29, 1.82) is 0 Å². The standard InChI is InChI=1S/C23H24F6O4/c1-20(2,3)19(30)33-14-21(31,16-7-5-4-6-8-16)13-32-12-15-9-17(22(24,25)26)11-18(10-15)23(27,28)29/h4-11,31H,12-14H2,1-3H3/t21-/m0/s1. The van der Waals surface area contributed by atoms with Crippen molar-refractivity contribution in [1.82, 2.24) is 0 Å². The summed E-state index contributed by atoms with van der Waals surface area (Å²) in [7, 11) is 0. The molecule has 2 aromatic carbocycles. The van der Waals surface area contributed by atoms with Crippen LogP contribution in [0.25, 0.3) is 0 Å². The molecule has 0 fully saturated rings. The summed E-state index contributed by atoms with van der Waals surface area (Å²) in [5, 5.41) is 11.1. The second kappa shape index (κ2) is 9.72. The first-order valence-corrected chi connectivity index (χ1v) is 9.84. The van der Waals surface area contributed by atoms with E-state index in [0.717, 1.165) is 0 Å². The normalized spacial score (nSPS) is 14.6. The SMILES string of the molecule is CC(C)(C)C(=O)OC[C@@](O)(COCc1cc(C(F)(F)F)cc(C(F)(F)F)c1)c1ccccc1. The molecule has 0 aliphatic carbocycles. The number of carbonyl (C=O) groups is 1. The topological polar surface area (TPSA) is 55.8 Å². The third kappa shape index (κ3) is 7.46. The molecule has 2 rings (SSSR count). The van der Waals surface area contributed by atoms with E-state index in [-0.39, 0.29) is 11.6 Å². The molecular formula is C23H24F6O4. The molecule has 0 bridgehead atoms. The first kappa shape index (κ1) is 26.7. The predicted octanol–water partition coefficient (Wildman–Crippen LogP) is 5.72. The Hall–Kier alpha value is -2.59. The van der Waals surface area contributed by atoms with Crippen LogP contribution in [0, 0.1) is 5.41 Å². The molecule has 0 aromatic heterocycles. The Kier molecular flexibility index (Phi) is 7.86. The maximum absolute atomic E-state index is 13.0. The van der Waals surface area contributed by atoms with E-state index >= 15 is 0 Å². The molecule has 182 valence electrons. The number of benzene rings is 2. The Morgan fingerprint density at radius 2 is 1.33 bits per heavy atom. The van der Waals surface area contributed by atoms with Gasteiger partial charge in [0.15, 0.2) is 0 Å². The van der Waals surface area contributed by atoms with Crippen LogP contribution in [0.1, 0.15) is 43.0 Å². The zero-order valence-corrected chi connectivity index (χ0v) is 18.2. The average molecular weight is 478 g/mol. The minimum Gasteiger partial charge on any atom is -0.462 e. The monoisotopic (exact) mass is 478 g/mol. The minimum atomic E-state index is -4.98. The molecule has 33 heavy (non-hydrogen) atoms. The lowest BCUT2D eigenvalue weighted by Crippen LogP contribution is -2.39. The van der Waals surface area contributed by atoms with E-state index < -0.39 is 60.3 Å². The number of hydrogen-bond acceptors (Lipinski definition) is 4. The molecule has 0 radical (unpaired) electrons.